The third kappa shape index (κ3) is 5.76. The minimum Gasteiger partial charge on any atom is -0.454 e. The van der Waals surface area contributed by atoms with Gasteiger partial charge in [0.1, 0.15) is 12.3 Å². The summed E-state index contributed by atoms with van der Waals surface area (Å²) in [6.07, 6.45) is 10.3. The van der Waals surface area contributed by atoms with Crippen LogP contribution < -0.4 is 0 Å². The lowest BCUT2D eigenvalue weighted by molar-refractivity contribution is 0.0460. The van der Waals surface area contributed by atoms with E-state index in [9.17, 15) is 4.79 Å². The SMILES string of the molecule is CCCCc1ccc(COC(=O)c2ccc(CCCC)cn2)nc1. The zero-order valence-corrected chi connectivity index (χ0v) is 14.6. The number of nitrogens with zero attached hydrogens (tertiary/aromatic N) is 2. The average molecular weight is 326 g/mol. The molecule has 0 saturated heterocycles. The van der Waals surface area contributed by atoms with Crippen molar-refractivity contribution in [3.05, 3.63) is 59.2 Å². The predicted octanol–water partition coefficient (Wildman–Crippen LogP) is 4.52. The van der Waals surface area contributed by atoms with Gasteiger partial charge < -0.3 is 4.74 Å². The van der Waals surface area contributed by atoms with E-state index in [2.05, 4.69) is 23.8 Å². The molecule has 2 aromatic rings. The highest BCUT2D eigenvalue weighted by atomic mass is 16.5. The third-order valence-corrected chi connectivity index (χ3v) is 3.91. The van der Waals surface area contributed by atoms with Crippen LogP contribution in [0.5, 0.6) is 0 Å². The van der Waals surface area contributed by atoms with Gasteiger partial charge in [-0.3, -0.25) is 4.98 Å². The Kier molecular flexibility index (Phi) is 7.40. The summed E-state index contributed by atoms with van der Waals surface area (Å²) in [7, 11) is 0. The topological polar surface area (TPSA) is 52.1 Å². The van der Waals surface area contributed by atoms with E-state index in [-0.39, 0.29) is 6.61 Å². The molecule has 0 radical (unpaired) electrons. The summed E-state index contributed by atoms with van der Waals surface area (Å²) in [6.45, 7) is 4.50. The van der Waals surface area contributed by atoms with Crippen molar-refractivity contribution >= 4 is 5.97 Å². The number of carbonyl (C=O) groups is 1. The van der Waals surface area contributed by atoms with Crippen LogP contribution in [-0.4, -0.2) is 15.9 Å². The van der Waals surface area contributed by atoms with Gasteiger partial charge in [0.2, 0.25) is 0 Å². The summed E-state index contributed by atoms with van der Waals surface area (Å²) in [5, 5.41) is 0. The van der Waals surface area contributed by atoms with Crippen LogP contribution >= 0.6 is 0 Å². The number of aryl methyl sites for hydroxylation is 2. The van der Waals surface area contributed by atoms with E-state index in [0.717, 1.165) is 43.4 Å². The second-order valence-electron chi connectivity index (χ2n) is 5.99. The Labute approximate surface area is 144 Å². The summed E-state index contributed by atoms with van der Waals surface area (Å²) in [4.78, 5) is 20.6. The van der Waals surface area contributed by atoms with Crippen molar-refractivity contribution in [3.8, 4) is 0 Å². The Bertz CT molecular complexity index is 621. The molecule has 0 aliphatic rings. The van der Waals surface area contributed by atoms with Crippen LogP contribution in [0, 0.1) is 0 Å². The van der Waals surface area contributed by atoms with Gasteiger partial charge in [0.05, 0.1) is 5.69 Å². The zero-order chi connectivity index (χ0) is 17.2. The Morgan fingerprint density at radius 3 is 2.04 bits per heavy atom. The number of hydrogen-bond acceptors (Lipinski definition) is 4. The lowest BCUT2D eigenvalue weighted by atomic mass is 10.1. The monoisotopic (exact) mass is 326 g/mol. The minimum atomic E-state index is -0.408. The van der Waals surface area contributed by atoms with Gasteiger partial charge >= 0.3 is 5.97 Å². The van der Waals surface area contributed by atoms with E-state index in [1.165, 1.54) is 12.0 Å². The van der Waals surface area contributed by atoms with E-state index in [1.54, 1.807) is 12.3 Å². The van der Waals surface area contributed by atoms with E-state index >= 15 is 0 Å². The van der Waals surface area contributed by atoms with Crippen molar-refractivity contribution in [2.45, 2.75) is 59.0 Å². The molecule has 2 rings (SSSR count). The number of hydrogen-bond donors (Lipinski definition) is 0. The first-order valence-electron chi connectivity index (χ1n) is 8.78. The minimum absolute atomic E-state index is 0.173. The highest BCUT2D eigenvalue weighted by Gasteiger charge is 2.09. The largest absolute Gasteiger partial charge is 0.454 e. The molecular formula is C20H26N2O2. The van der Waals surface area contributed by atoms with Gasteiger partial charge in [-0.15, -0.1) is 0 Å². The Hall–Kier alpha value is -2.23. The lowest BCUT2D eigenvalue weighted by Gasteiger charge is -2.06. The molecule has 2 heterocycles. The van der Waals surface area contributed by atoms with Gasteiger partial charge in [-0.25, -0.2) is 9.78 Å². The molecular weight excluding hydrogens is 300 g/mol. The first-order chi connectivity index (χ1) is 11.7. The second kappa shape index (κ2) is 9.81. The van der Waals surface area contributed by atoms with E-state index in [0.29, 0.717) is 5.69 Å². The van der Waals surface area contributed by atoms with Crippen LogP contribution in [0.25, 0.3) is 0 Å². The molecule has 0 aliphatic carbocycles. The standard InChI is InChI=1S/C20H26N2O2/c1-3-5-7-16-9-11-18(21-13-16)15-24-20(23)19-12-10-17(14-22-19)8-6-4-2/h9-14H,3-8,15H2,1-2H3. The van der Waals surface area contributed by atoms with Gasteiger partial charge in [0, 0.05) is 12.4 Å². The fourth-order valence-corrected chi connectivity index (χ4v) is 2.36. The predicted molar refractivity (Wildman–Crippen MR) is 94.8 cm³/mol. The molecule has 0 fully saturated rings. The van der Waals surface area contributed by atoms with Crippen molar-refractivity contribution in [2.24, 2.45) is 0 Å². The molecule has 0 atom stereocenters. The Balaban J connectivity index is 1.83. The molecule has 128 valence electrons. The van der Waals surface area contributed by atoms with Gasteiger partial charge in [0.15, 0.2) is 0 Å². The fourth-order valence-electron chi connectivity index (χ4n) is 2.36. The molecule has 0 unspecified atom stereocenters. The number of ether oxygens (including phenoxy) is 1. The summed E-state index contributed by atoms with van der Waals surface area (Å²) in [6, 6.07) is 7.64. The van der Waals surface area contributed by atoms with E-state index < -0.39 is 5.97 Å². The number of aromatic nitrogens is 2. The fraction of sp³-hybridized carbons (Fsp3) is 0.450. The molecule has 0 aromatic carbocycles. The van der Waals surface area contributed by atoms with Crippen molar-refractivity contribution in [3.63, 3.8) is 0 Å². The summed E-state index contributed by atoms with van der Waals surface area (Å²) in [5.74, 6) is -0.408. The molecule has 0 N–H and O–H groups in total. The number of carbonyl (C=O) groups excluding carboxylic acids is 1. The van der Waals surface area contributed by atoms with E-state index in [1.807, 2.05) is 24.4 Å². The third-order valence-electron chi connectivity index (χ3n) is 3.91. The van der Waals surface area contributed by atoms with Crippen LogP contribution in [0.15, 0.2) is 36.7 Å². The Morgan fingerprint density at radius 2 is 1.54 bits per heavy atom. The summed E-state index contributed by atoms with van der Waals surface area (Å²) >= 11 is 0. The molecule has 24 heavy (non-hydrogen) atoms. The maximum atomic E-state index is 12.0. The molecule has 0 amide bonds. The number of pyridine rings is 2. The highest BCUT2D eigenvalue weighted by molar-refractivity contribution is 5.87. The zero-order valence-electron chi connectivity index (χ0n) is 14.6. The van der Waals surface area contributed by atoms with Crippen molar-refractivity contribution in [1.29, 1.82) is 0 Å². The first kappa shape index (κ1) is 18.1. The van der Waals surface area contributed by atoms with Gasteiger partial charge in [-0.1, -0.05) is 38.8 Å². The maximum Gasteiger partial charge on any atom is 0.357 e. The number of esters is 1. The van der Waals surface area contributed by atoms with Crippen LogP contribution in [-0.2, 0) is 24.2 Å². The van der Waals surface area contributed by atoms with Crippen LogP contribution in [0.3, 0.4) is 0 Å². The number of rotatable bonds is 9. The highest BCUT2D eigenvalue weighted by Crippen LogP contribution is 2.09. The molecule has 0 bridgehead atoms. The van der Waals surface area contributed by atoms with E-state index in [4.69, 9.17) is 4.74 Å². The molecule has 4 nitrogen and oxygen atoms in total. The normalized spacial score (nSPS) is 10.6. The molecule has 0 saturated carbocycles. The molecule has 2 aromatic heterocycles. The van der Waals surface area contributed by atoms with Gasteiger partial charge in [0.25, 0.3) is 0 Å². The first-order valence-corrected chi connectivity index (χ1v) is 8.78. The van der Waals surface area contributed by atoms with Crippen molar-refractivity contribution in [1.82, 2.24) is 9.97 Å². The van der Waals surface area contributed by atoms with Crippen LogP contribution in [0.1, 0.15) is 66.8 Å². The van der Waals surface area contributed by atoms with Crippen LogP contribution in [0.4, 0.5) is 0 Å². The van der Waals surface area contributed by atoms with Crippen LogP contribution in [0.2, 0.25) is 0 Å². The molecule has 0 aliphatic heterocycles. The van der Waals surface area contributed by atoms with Crippen molar-refractivity contribution < 1.29 is 9.53 Å². The van der Waals surface area contributed by atoms with Crippen molar-refractivity contribution in [2.75, 3.05) is 0 Å². The summed E-state index contributed by atoms with van der Waals surface area (Å²) in [5.41, 5.74) is 3.46. The summed E-state index contributed by atoms with van der Waals surface area (Å²) < 4.78 is 5.29. The molecule has 4 heteroatoms. The van der Waals surface area contributed by atoms with Gasteiger partial charge in [-0.05, 0) is 48.9 Å². The smallest absolute Gasteiger partial charge is 0.357 e. The maximum absolute atomic E-state index is 12.0. The molecule has 0 spiro atoms. The second-order valence-corrected chi connectivity index (χ2v) is 5.99. The Morgan fingerprint density at radius 1 is 0.917 bits per heavy atom. The number of unbranched alkanes of at least 4 members (excludes halogenated alkanes) is 2. The quantitative estimate of drug-likeness (QED) is 0.636. The van der Waals surface area contributed by atoms with Gasteiger partial charge in [-0.2, -0.15) is 0 Å². The average Bonchev–Trinajstić information content (AvgIpc) is 2.64. The lowest BCUT2D eigenvalue weighted by Crippen LogP contribution is -2.08.